The van der Waals surface area contributed by atoms with E-state index in [2.05, 4.69) is 85.9 Å². The SMILES string of the molecule is CN1CCCCC1c1ccc(-c2ccc3c(c2)c(C#Cc2cccc(F)c2)nn3COCC[Si](C)(C)C)cc1. The van der Waals surface area contributed by atoms with Gasteiger partial charge in [-0.3, -0.25) is 4.90 Å². The maximum atomic E-state index is 13.7. The second kappa shape index (κ2) is 11.9. The number of hydrogen-bond acceptors (Lipinski definition) is 3. The molecule has 5 rings (SSSR count). The Balaban J connectivity index is 1.45. The Bertz CT molecular complexity index is 1490. The van der Waals surface area contributed by atoms with Gasteiger partial charge in [0.2, 0.25) is 0 Å². The van der Waals surface area contributed by atoms with Crippen molar-refractivity contribution >= 4 is 19.0 Å². The molecule has 1 unspecified atom stereocenters. The van der Waals surface area contributed by atoms with E-state index in [0.717, 1.165) is 35.7 Å². The monoisotopic (exact) mass is 539 g/mol. The van der Waals surface area contributed by atoms with Gasteiger partial charge in [0.1, 0.15) is 18.2 Å². The summed E-state index contributed by atoms with van der Waals surface area (Å²) in [5, 5.41) is 5.78. The molecule has 0 radical (unpaired) electrons. The van der Waals surface area contributed by atoms with Gasteiger partial charge in [-0.1, -0.05) is 68.4 Å². The van der Waals surface area contributed by atoms with Gasteiger partial charge in [0.25, 0.3) is 0 Å². The van der Waals surface area contributed by atoms with Crippen LogP contribution in [0.25, 0.3) is 22.0 Å². The van der Waals surface area contributed by atoms with Crippen LogP contribution >= 0.6 is 0 Å². The summed E-state index contributed by atoms with van der Waals surface area (Å²) in [4.78, 5) is 2.47. The molecule has 202 valence electrons. The fraction of sp³-hybridized carbons (Fsp3) is 0.364. The van der Waals surface area contributed by atoms with Gasteiger partial charge in [0.15, 0.2) is 0 Å². The lowest BCUT2D eigenvalue weighted by Gasteiger charge is -2.32. The summed E-state index contributed by atoms with van der Waals surface area (Å²) in [6.07, 6.45) is 3.79. The first-order valence-electron chi connectivity index (χ1n) is 13.9. The van der Waals surface area contributed by atoms with E-state index in [0.29, 0.717) is 24.0 Å². The maximum absolute atomic E-state index is 13.7. The normalized spacial score (nSPS) is 16.3. The molecular weight excluding hydrogens is 501 g/mol. The van der Waals surface area contributed by atoms with Crippen LogP contribution in [0.4, 0.5) is 4.39 Å². The molecule has 0 spiro atoms. The second-order valence-corrected chi connectivity index (χ2v) is 17.4. The van der Waals surface area contributed by atoms with Crippen molar-refractivity contribution in [3.8, 4) is 23.0 Å². The Kier molecular flexibility index (Phi) is 8.32. The first kappa shape index (κ1) is 27.3. The number of fused-ring (bicyclic) bond motifs is 1. The highest BCUT2D eigenvalue weighted by atomic mass is 28.3. The average molecular weight is 540 g/mol. The summed E-state index contributed by atoms with van der Waals surface area (Å²) >= 11 is 0. The van der Waals surface area contributed by atoms with Gasteiger partial charge in [-0.2, -0.15) is 5.10 Å². The number of likely N-dealkylation sites (tertiary alicyclic amines) is 1. The fourth-order valence-electron chi connectivity index (χ4n) is 5.17. The molecule has 4 nitrogen and oxygen atoms in total. The molecule has 1 aromatic heterocycles. The van der Waals surface area contributed by atoms with Gasteiger partial charge < -0.3 is 4.74 Å². The van der Waals surface area contributed by atoms with Crippen molar-refractivity contribution in [3.63, 3.8) is 0 Å². The highest BCUT2D eigenvalue weighted by molar-refractivity contribution is 6.76. The molecule has 1 fully saturated rings. The van der Waals surface area contributed by atoms with Gasteiger partial charge in [0, 0.05) is 31.7 Å². The Hall–Kier alpha value is -3.24. The minimum absolute atomic E-state index is 0.293. The third kappa shape index (κ3) is 6.86. The summed E-state index contributed by atoms with van der Waals surface area (Å²) in [5.41, 5.74) is 5.96. The molecule has 0 saturated carbocycles. The van der Waals surface area contributed by atoms with E-state index < -0.39 is 8.07 Å². The standard InChI is InChI=1S/C33H38FN3OSi/c1-36-19-6-5-10-32(36)27-14-12-26(13-15-27)28-16-18-33-30(23-28)31(17-11-25-8-7-9-29(34)22-25)35-37(33)24-38-20-21-39(2,3)4/h7-9,12-16,18,22-23,32H,5-6,10,19-21,24H2,1-4H3. The van der Waals surface area contributed by atoms with Crippen LogP contribution < -0.4 is 0 Å². The topological polar surface area (TPSA) is 30.3 Å². The average Bonchev–Trinajstić information content (AvgIpc) is 3.27. The zero-order valence-corrected chi connectivity index (χ0v) is 24.5. The molecular formula is C33H38FN3OSi. The molecule has 4 aromatic rings. The van der Waals surface area contributed by atoms with E-state index in [9.17, 15) is 4.39 Å². The van der Waals surface area contributed by atoms with Crippen LogP contribution in [0.5, 0.6) is 0 Å². The number of aromatic nitrogens is 2. The van der Waals surface area contributed by atoms with Crippen molar-refractivity contribution in [1.82, 2.24) is 14.7 Å². The van der Waals surface area contributed by atoms with Crippen molar-refractivity contribution in [3.05, 3.63) is 89.4 Å². The van der Waals surface area contributed by atoms with Crippen molar-refractivity contribution in [1.29, 1.82) is 0 Å². The van der Waals surface area contributed by atoms with Crippen molar-refractivity contribution < 1.29 is 9.13 Å². The fourth-order valence-corrected chi connectivity index (χ4v) is 5.93. The molecule has 0 amide bonds. The van der Waals surface area contributed by atoms with Gasteiger partial charge in [-0.25, -0.2) is 9.07 Å². The lowest BCUT2D eigenvalue weighted by molar-refractivity contribution is 0.0816. The predicted octanol–water partition coefficient (Wildman–Crippen LogP) is 7.71. The van der Waals surface area contributed by atoms with Crippen LogP contribution in [0.2, 0.25) is 25.7 Å². The van der Waals surface area contributed by atoms with E-state index in [4.69, 9.17) is 9.84 Å². The van der Waals surface area contributed by atoms with E-state index >= 15 is 0 Å². The summed E-state index contributed by atoms with van der Waals surface area (Å²) in [6.45, 7) is 9.31. The quantitative estimate of drug-likeness (QED) is 0.137. The lowest BCUT2D eigenvalue weighted by atomic mass is 9.94. The van der Waals surface area contributed by atoms with Gasteiger partial charge in [-0.15, -0.1) is 0 Å². The molecule has 1 saturated heterocycles. The Morgan fingerprint density at radius 2 is 1.77 bits per heavy atom. The number of rotatable bonds is 7. The van der Waals surface area contributed by atoms with Crippen LogP contribution in [0.15, 0.2) is 66.7 Å². The summed E-state index contributed by atoms with van der Waals surface area (Å²) in [5.74, 6) is 6.00. The molecule has 6 heteroatoms. The van der Waals surface area contributed by atoms with E-state index in [1.807, 2.05) is 10.7 Å². The smallest absolute Gasteiger partial charge is 0.143 e. The summed E-state index contributed by atoms with van der Waals surface area (Å²) in [7, 11) is 1.05. The molecule has 3 aromatic carbocycles. The molecule has 1 aliphatic rings. The van der Waals surface area contributed by atoms with Crippen molar-refractivity contribution in [2.45, 2.75) is 57.7 Å². The number of hydrogen-bond donors (Lipinski definition) is 0. The number of halogens is 1. The number of piperidine rings is 1. The molecule has 0 aliphatic carbocycles. The van der Waals surface area contributed by atoms with Crippen LogP contribution in [0.1, 0.15) is 42.1 Å². The predicted molar refractivity (Wildman–Crippen MR) is 161 cm³/mol. The molecule has 39 heavy (non-hydrogen) atoms. The van der Waals surface area contributed by atoms with Crippen molar-refractivity contribution in [2.24, 2.45) is 0 Å². The van der Waals surface area contributed by atoms with Gasteiger partial charge in [0.05, 0.1) is 5.52 Å². The van der Waals surface area contributed by atoms with Gasteiger partial charge >= 0.3 is 0 Å². The Morgan fingerprint density at radius 3 is 2.51 bits per heavy atom. The second-order valence-electron chi connectivity index (χ2n) is 11.8. The van der Waals surface area contributed by atoms with Crippen molar-refractivity contribution in [2.75, 3.05) is 20.2 Å². The number of nitrogens with zero attached hydrogens (tertiary/aromatic N) is 3. The highest BCUT2D eigenvalue weighted by Crippen LogP contribution is 2.32. The summed E-state index contributed by atoms with van der Waals surface area (Å²) in [6, 6.07) is 23.4. The highest BCUT2D eigenvalue weighted by Gasteiger charge is 2.20. The Morgan fingerprint density at radius 1 is 0.974 bits per heavy atom. The molecule has 1 atom stereocenters. The van der Waals surface area contributed by atoms with Crippen LogP contribution in [-0.2, 0) is 11.5 Å². The van der Waals surface area contributed by atoms with E-state index in [1.165, 1.54) is 42.5 Å². The van der Waals surface area contributed by atoms with E-state index in [1.54, 1.807) is 6.07 Å². The minimum Gasteiger partial charge on any atom is -0.360 e. The van der Waals surface area contributed by atoms with E-state index in [-0.39, 0.29) is 5.82 Å². The molecule has 2 heterocycles. The number of benzene rings is 3. The Labute approximate surface area is 232 Å². The molecule has 0 N–H and O–H groups in total. The van der Waals surface area contributed by atoms with Crippen LogP contribution in [-0.4, -0.2) is 43.0 Å². The molecule has 1 aliphatic heterocycles. The number of ether oxygens (including phenoxy) is 1. The third-order valence-electron chi connectivity index (χ3n) is 7.51. The summed E-state index contributed by atoms with van der Waals surface area (Å²) < 4.78 is 21.6. The zero-order chi connectivity index (χ0) is 27.4. The zero-order valence-electron chi connectivity index (χ0n) is 23.5. The first-order valence-corrected chi connectivity index (χ1v) is 17.6. The van der Waals surface area contributed by atoms with Gasteiger partial charge in [-0.05, 0) is 85.4 Å². The largest absolute Gasteiger partial charge is 0.360 e. The first-order chi connectivity index (χ1) is 18.8. The molecule has 0 bridgehead atoms. The van der Waals surface area contributed by atoms with Crippen LogP contribution in [0, 0.1) is 17.7 Å². The van der Waals surface area contributed by atoms with Crippen LogP contribution in [0.3, 0.4) is 0 Å². The lowest BCUT2D eigenvalue weighted by Crippen LogP contribution is -2.29. The third-order valence-corrected chi connectivity index (χ3v) is 9.21. The maximum Gasteiger partial charge on any atom is 0.143 e. The minimum atomic E-state index is -1.17.